The molecule has 2 heterocycles. The molecule has 1 aliphatic rings. The monoisotopic (exact) mass is 349 g/mol. The maximum Gasteiger partial charge on any atom is 0.273 e. The Labute approximate surface area is 143 Å². The fourth-order valence-electron chi connectivity index (χ4n) is 2.53. The third kappa shape index (κ3) is 3.89. The van der Waals surface area contributed by atoms with Gasteiger partial charge in [0.1, 0.15) is 5.69 Å². The average Bonchev–Trinajstić information content (AvgIpc) is 3.11. The highest BCUT2D eigenvalue weighted by Crippen LogP contribution is 2.13. The van der Waals surface area contributed by atoms with Gasteiger partial charge in [0.05, 0.1) is 11.9 Å². The van der Waals surface area contributed by atoms with E-state index in [2.05, 4.69) is 4.98 Å². The highest BCUT2D eigenvalue weighted by atomic mass is 35.5. The van der Waals surface area contributed by atoms with E-state index in [0.29, 0.717) is 43.3 Å². The molecule has 23 heavy (non-hydrogen) atoms. The number of benzene rings is 1. The lowest BCUT2D eigenvalue weighted by Crippen LogP contribution is -2.51. The molecule has 1 fully saturated rings. The maximum absolute atomic E-state index is 12.3. The molecule has 0 bridgehead atoms. The van der Waals surface area contributed by atoms with Gasteiger partial charge in [0, 0.05) is 36.6 Å². The summed E-state index contributed by atoms with van der Waals surface area (Å²) in [5, 5.41) is 2.41. The van der Waals surface area contributed by atoms with Gasteiger partial charge in [-0.15, -0.1) is 11.3 Å². The number of nitrogens with zero attached hydrogens (tertiary/aromatic N) is 3. The Morgan fingerprint density at radius 2 is 1.74 bits per heavy atom. The first kappa shape index (κ1) is 16.0. The van der Waals surface area contributed by atoms with Crippen LogP contribution < -0.4 is 0 Å². The number of amides is 2. The van der Waals surface area contributed by atoms with Gasteiger partial charge in [0.2, 0.25) is 5.91 Å². The number of aromatic nitrogens is 1. The van der Waals surface area contributed by atoms with Crippen LogP contribution >= 0.6 is 22.9 Å². The molecule has 0 atom stereocenters. The number of hydrogen-bond donors (Lipinski definition) is 0. The maximum atomic E-state index is 12.3. The summed E-state index contributed by atoms with van der Waals surface area (Å²) in [4.78, 5) is 32.2. The van der Waals surface area contributed by atoms with Gasteiger partial charge in [-0.1, -0.05) is 23.7 Å². The van der Waals surface area contributed by atoms with E-state index < -0.39 is 0 Å². The van der Waals surface area contributed by atoms with Crippen molar-refractivity contribution in [2.24, 2.45) is 0 Å². The van der Waals surface area contributed by atoms with Crippen LogP contribution in [0.3, 0.4) is 0 Å². The lowest BCUT2D eigenvalue weighted by molar-refractivity contribution is -0.131. The van der Waals surface area contributed by atoms with E-state index in [9.17, 15) is 9.59 Å². The smallest absolute Gasteiger partial charge is 0.273 e. The molecular weight excluding hydrogens is 334 g/mol. The van der Waals surface area contributed by atoms with E-state index in [-0.39, 0.29) is 11.8 Å². The van der Waals surface area contributed by atoms with Gasteiger partial charge in [-0.05, 0) is 17.7 Å². The van der Waals surface area contributed by atoms with Crippen LogP contribution in [0.4, 0.5) is 0 Å². The number of rotatable bonds is 3. The summed E-state index contributed by atoms with van der Waals surface area (Å²) in [5.41, 5.74) is 3.08. The Morgan fingerprint density at radius 1 is 1.09 bits per heavy atom. The molecule has 3 rings (SSSR count). The molecule has 0 N–H and O–H groups in total. The molecule has 1 saturated heterocycles. The molecule has 1 aliphatic heterocycles. The number of piperazine rings is 1. The molecule has 2 amide bonds. The van der Waals surface area contributed by atoms with Crippen molar-refractivity contribution in [1.82, 2.24) is 14.8 Å². The molecule has 0 spiro atoms. The molecule has 2 aromatic rings. The van der Waals surface area contributed by atoms with E-state index >= 15 is 0 Å². The van der Waals surface area contributed by atoms with Gasteiger partial charge in [0.25, 0.3) is 5.91 Å². The van der Waals surface area contributed by atoms with Gasteiger partial charge < -0.3 is 9.80 Å². The van der Waals surface area contributed by atoms with E-state index in [0.717, 1.165) is 5.56 Å². The molecule has 5 nitrogen and oxygen atoms in total. The minimum absolute atomic E-state index is 0.0592. The first-order valence-electron chi connectivity index (χ1n) is 7.33. The lowest BCUT2D eigenvalue weighted by atomic mass is 10.1. The number of carbonyl (C=O) groups excluding carboxylic acids is 2. The van der Waals surface area contributed by atoms with Gasteiger partial charge in [-0.2, -0.15) is 0 Å². The fourth-order valence-corrected chi connectivity index (χ4v) is 3.18. The average molecular weight is 350 g/mol. The zero-order valence-corrected chi connectivity index (χ0v) is 14.0. The summed E-state index contributed by atoms with van der Waals surface area (Å²) in [5.74, 6) is 0.0177. The van der Waals surface area contributed by atoms with Crippen LogP contribution in [0.15, 0.2) is 35.2 Å². The van der Waals surface area contributed by atoms with Crippen molar-refractivity contribution in [2.75, 3.05) is 26.2 Å². The highest BCUT2D eigenvalue weighted by Gasteiger charge is 2.25. The summed E-state index contributed by atoms with van der Waals surface area (Å²) >= 11 is 7.25. The predicted molar refractivity (Wildman–Crippen MR) is 89.8 cm³/mol. The highest BCUT2D eigenvalue weighted by molar-refractivity contribution is 7.07. The Bertz CT molecular complexity index is 680. The third-order valence-electron chi connectivity index (χ3n) is 3.84. The first-order valence-corrected chi connectivity index (χ1v) is 8.65. The molecule has 0 radical (unpaired) electrons. The largest absolute Gasteiger partial charge is 0.339 e. The van der Waals surface area contributed by atoms with Crippen molar-refractivity contribution < 1.29 is 9.59 Å². The quantitative estimate of drug-likeness (QED) is 0.854. The van der Waals surface area contributed by atoms with Crippen molar-refractivity contribution in [1.29, 1.82) is 0 Å². The van der Waals surface area contributed by atoms with E-state index in [4.69, 9.17) is 11.6 Å². The first-order chi connectivity index (χ1) is 11.1. The molecule has 1 aromatic heterocycles. The molecule has 0 unspecified atom stereocenters. The summed E-state index contributed by atoms with van der Waals surface area (Å²) in [6.45, 7) is 2.20. The van der Waals surface area contributed by atoms with Gasteiger partial charge in [-0.3, -0.25) is 9.59 Å². The van der Waals surface area contributed by atoms with Crippen LogP contribution in [-0.2, 0) is 11.2 Å². The number of halogens is 1. The fraction of sp³-hybridized carbons (Fsp3) is 0.312. The van der Waals surface area contributed by atoms with Crippen molar-refractivity contribution >= 4 is 34.8 Å². The zero-order valence-electron chi connectivity index (χ0n) is 12.4. The Hall–Kier alpha value is -1.92. The Kier molecular flexibility index (Phi) is 4.93. The Balaban J connectivity index is 1.53. The summed E-state index contributed by atoms with van der Waals surface area (Å²) < 4.78 is 0. The molecule has 0 aliphatic carbocycles. The minimum atomic E-state index is -0.0592. The van der Waals surface area contributed by atoms with Gasteiger partial charge >= 0.3 is 0 Å². The SMILES string of the molecule is O=C(Cc1ccc(Cl)cc1)N1CCN(C(=O)c2cscn2)CC1. The van der Waals surface area contributed by atoms with Crippen molar-refractivity contribution in [3.63, 3.8) is 0 Å². The minimum Gasteiger partial charge on any atom is -0.339 e. The molecule has 1 aromatic carbocycles. The second-order valence-corrected chi connectivity index (χ2v) is 6.51. The topological polar surface area (TPSA) is 53.5 Å². The summed E-state index contributed by atoms with van der Waals surface area (Å²) in [7, 11) is 0. The lowest BCUT2D eigenvalue weighted by Gasteiger charge is -2.34. The van der Waals surface area contributed by atoms with E-state index in [1.165, 1.54) is 11.3 Å². The normalized spacial score (nSPS) is 14.8. The van der Waals surface area contributed by atoms with Crippen molar-refractivity contribution in [3.8, 4) is 0 Å². The van der Waals surface area contributed by atoms with Crippen LogP contribution in [-0.4, -0.2) is 52.8 Å². The molecule has 7 heteroatoms. The second-order valence-electron chi connectivity index (χ2n) is 5.35. The van der Waals surface area contributed by atoms with Crippen LogP contribution in [0.25, 0.3) is 0 Å². The molecule has 0 saturated carbocycles. The molecular formula is C16H16ClN3O2S. The van der Waals surface area contributed by atoms with E-state index in [1.807, 2.05) is 12.1 Å². The predicted octanol–water partition coefficient (Wildman–Crippen LogP) is 2.32. The van der Waals surface area contributed by atoms with Crippen LogP contribution in [0.1, 0.15) is 16.1 Å². The zero-order chi connectivity index (χ0) is 16.2. The summed E-state index contributed by atoms with van der Waals surface area (Å²) in [6, 6.07) is 7.30. The van der Waals surface area contributed by atoms with Crippen LogP contribution in [0.5, 0.6) is 0 Å². The second kappa shape index (κ2) is 7.10. The van der Waals surface area contributed by atoms with Gasteiger partial charge in [-0.25, -0.2) is 4.98 Å². The number of hydrogen-bond acceptors (Lipinski definition) is 4. The summed E-state index contributed by atoms with van der Waals surface area (Å²) in [6.07, 6.45) is 0.358. The van der Waals surface area contributed by atoms with Crippen molar-refractivity contribution in [2.45, 2.75) is 6.42 Å². The van der Waals surface area contributed by atoms with Crippen LogP contribution in [0, 0.1) is 0 Å². The Morgan fingerprint density at radius 3 is 2.35 bits per heavy atom. The van der Waals surface area contributed by atoms with E-state index in [1.54, 1.807) is 32.8 Å². The van der Waals surface area contributed by atoms with Crippen LogP contribution in [0.2, 0.25) is 5.02 Å². The third-order valence-corrected chi connectivity index (χ3v) is 4.68. The number of thiazole rings is 1. The van der Waals surface area contributed by atoms with Gasteiger partial charge in [0.15, 0.2) is 0 Å². The standard InChI is InChI=1S/C16H16ClN3O2S/c17-13-3-1-12(2-4-13)9-15(21)19-5-7-20(8-6-19)16(22)14-10-23-11-18-14/h1-4,10-11H,5-9H2. The number of carbonyl (C=O) groups is 2. The van der Waals surface area contributed by atoms with Crippen molar-refractivity contribution in [3.05, 3.63) is 51.4 Å². The molecule has 120 valence electrons.